The fourth-order valence-electron chi connectivity index (χ4n) is 0.634. The van der Waals surface area contributed by atoms with E-state index in [9.17, 15) is 26.9 Å². The number of hydrogen-bond donors (Lipinski definition) is 2. The molecule has 0 aliphatic heterocycles. The number of nitro groups is 1. The summed E-state index contributed by atoms with van der Waals surface area (Å²) >= 11 is 0. The van der Waals surface area contributed by atoms with Crippen LogP contribution in [0.3, 0.4) is 0 Å². The van der Waals surface area contributed by atoms with Crippen molar-refractivity contribution < 1.29 is 30.9 Å². The maximum Gasteiger partial charge on any atom is 0.275 e. The Bertz CT molecular complexity index is 406. The van der Waals surface area contributed by atoms with Crippen molar-refractivity contribution in [2.75, 3.05) is 12.3 Å². The van der Waals surface area contributed by atoms with Crippen molar-refractivity contribution in [3.8, 4) is 0 Å². The average molecular weight is 249 g/mol. The van der Waals surface area contributed by atoms with Crippen LogP contribution < -0.4 is 0 Å². The zero-order valence-corrected chi connectivity index (χ0v) is 8.23. The first-order valence-corrected chi connectivity index (χ1v) is 6.17. The molecule has 0 saturated carbocycles. The Morgan fingerprint density at radius 2 is 1.64 bits per heavy atom. The fourth-order valence-corrected chi connectivity index (χ4v) is 2.72. The Kier molecular flexibility index (Phi) is 3.93. The molecule has 0 bridgehead atoms. The normalized spacial score (nSPS) is 15.0. The van der Waals surface area contributed by atoms with Gasteiger partial charge in [0.2, 0.25) is 6.54 Å². The van der Waals surface area contributed by atoms with Crippen molar-refractivity contribution in [2.45, 2.75) is 5.25 Å². The summed E-state index contributed by atoms with van der Waals surface area (Å²) in [6.45, 7) is -1.29. The Morgan fingerprint density at radius 1 is 1.21 bits per heavy atom. The predicted octanol–water partition coefficient (Wildman–Crippen LogP) is -1.59. The van der Waals surface area contributed by atoms with Crippen LogP contribution >= 0.6 is 0 Å². The molecule has 1 atom stereocenters. The minimum atomic E-state index is -4.87. The first-order chi connectivity index (χ1) is 6.02. The Balaban J connectivity index is 4.86. The summed E-state index contributed by atoms with van der Waals surface area (Å²) in [5.74, 6) is -1.41. The molecule has 0 rings (SSSR count). The first-order valence-electron chi connectivity index (χ1n) is 3.05. The Morgan fingerprint density at radius 3 is 1.86 bits per heavy atom. The van der Waals surface area contributed by atoms with Crippen LogP contribution in [0.25, 0.3) is 0 Å². The molecule has 14 heavy (non-hydrogen) atoms. The monoisotopic (exact) mass is 249 g/mol. The van der Waals surface area contributed by atoms with Gasteiger partial charge in [0.05, 0.1) is 0 Å². The molecule has 0 spiro atoms. The molecule has 11 heteroatoms. The van der Waals surface area contributed by atoms with E-state index in [1.807, 2.05) is 0 Å². The Hall–Kier alpha value is -0.780. The third-order valence-corrected chi connectivity index (χ3v) is 3.36. The molecule has 0 aromatic rings. The summed E-state index contributed by atoms with van der Waals surface area (Å²) in [4.78, 5) is 8.79. The van der Waals surface area contributed by atoms with Crippen molar-refractivity contribution in [1.29, 1.82) is 0 Å². The van der Waals surface area contributed by atoms with Gasteiger partial charge in [0, 0.05) is 4.92 Å². The number of hydrogen-bond acceptors (Lipinski definition) is 6. The largest absolute Gasteiger partial charge is 0.286 e. The molecule has 0 amide bonds. The van der Waals surface area contributed by atoms with Crippen LogP contribution in [-0.4, -0.2) is 48.4 Å². The number of nitrogens with zero attached hydrogens (tertiary/aromatic N) is 1. The lowest BCUT2D eigenvalue weighted by molar-refractivity contribution is -0.478. The van der Waals surface area contributed by atoms with E-state index in [0.717, 1.165) is 0 Å². The summed E-state index contributed by atoms with van der Waals surface area (Å²) < 4.78 is 57.9. The summed E-state index contributed by atoms with van der Waals surface area (Å²) in [7, 11) is -9.57. The van der Waals surface area contributed by atoms with E-state index in [4.69, 9.17) is 9.11 Å². The second-order valence-electron chi connectivity index (χ2n) is 2.40. The lowest BCUT2D eigenvalue weighted by atomic mass is 10.5. The van der Waals surface area contributed by atoms with E-state index < -0.39 is 42.7 Å². The molecule has 9 nitrogen and oxygen atoms in total. The van der Waals surface area contributed by atoms with Gasteiger partial charge in [-0.3, -0.25) is 19.2 Å². The first kappa shape index (κ1) is 13.2. The summed E-state index contributed by atoms with van der Waals surface area (Å²) in [5.41, 5.74) is 0. The van der Waals surface area contributed by atoms with Gasteiger partial charge in [-0.05, 0) is 0 Å². The highest BCUT2D eigenvalue weighted by Gasteiger charge is 2.32. The van der Waals surface area contributed by atoms with Crippen LogP contribution in [0.15, 0.2) is 0 Å². The number of rotatable bonds is 5. The zero-order valence-electron chi connectivity index (χ0n) is 6.60. The molecule has 0 heterocycles. The van der Waals surface area contributed by atoms with E-state index >= 15 is 0 Å². The van der Waals surface area contributed by atoms with Gasteiger partial charge < -0.3 is 0 Å². The molecule has 0 saturated heterocycles. The maximum absolute atomic E-state index is 10.4. The summed E-state index contributed by atoms with van der Waals surface area (Å²) in [6.07, 6.45) is 0. The van der Waals surface area contributed by atoms with E-state index in [2.05, 4.69) is 0 Å². The van der Waals surface area contributed by atoms with Gasteiger partial charge in [-0.1, -0.05) is 0 Å². The van der Waals surface area contributed by atoms with E-state index in [1.54, 1.807) is 0 Å². The summed E-state index contributed by atoms with van der Waals surface area (Å²) in [5, 5.41) is 7.74. The van der Waals surface area contributed by atoms with Gasteiger partial charge in [-0.15, -0.1) is 0 Å². The van der Waals surface area contributed by atoms with Crippen molar-refractivity contribution in [3.05, 3.63) is 10.1 Å². The highest BCUT2D eigenvalue weighted by atomic mass is 32.2. The van der Waals surface area contributed by atoms with Crippen LogP contribution in [0.5, 0.6) is 0 Å². The molecular weight excluding hydrogens is 242 g/mol. The smallest absolute Gasteiger partial charge is 0.275 e. The van der Waals surface area contributed by atoms with Crippen molar-refractivity contribution in [2.24, 2.45) is 0 Å². The topological polar surface area (TPSA) is 152 Å². The predicted molar refractivity (Wildman–Crippen MR) is 43.6 cm³/mol. The van der Waals surface area contributed by atoms with E-state index in [0.29, 0.717) is 0 Å². The van der Waals surface area contributed by atoms with Gasteiger partial charge in [0.1, 0.15) is 5.75 Å². The molecule has 0 radical (unpaired) electrons. The molecular formula is C3H7NO8S2. The van der Waals surface area contributed by atoms with E-state index in [1.165, 1.54) is 0 Å². The minimum absolute atomic E-state index is 1.11. The molecule has 2 N–H and O–H groups in total. The highest BCUT2D eigenvalue weighted by Crippen LogP contribution is 2.02. The Labute approximate surface area is 79.4 Å². The molecule has 0 fully saturated rings. The van der Waals surface area contributed by atoms with Gasteiger partial charge >= 0.3 is 0 Å². The van der Waals surface area contributed by atoms with Crippen LogP contribution in [0.1, 0.15) is 0 Å². The molecule has 0 aliphatic rings. The molecule has 0 aromatic carbocycles. The maximum atomic E-state index is 10.4. The third kappa shape index (κ3) is 5.80. The van der Waals surface area contributed by atoms with Crippen LogP contribution in [0.4, 0.5) is 0 Å². The SMILES string of the molecule is O=[N+]([O-])CC(CS(=O)(=O)O)S(=O)(=O)O. The van der Waals surface area contributed by atoms with Gasteiger partial charge in [0.25, 0.3) is 20.2 Å². The minimum Gasteiger partial charge on any atom is -0.286 e. The second-order valence-corrected chi connectivity index (χ2v) is 5.59. The quantitative estimate of drug-likeness (QED) is 0.336. The average Bonchev–Trinajstić information content (AvgIpc) is 1.78. The van der Waals surface area contributed by atoms with Crippen molar-refractivity contribution >= 4 is 20.2 Å². The lowest BCUT2D eigenvalue weighted by Crippen LogP contribution is -2.35. The fraction of sp³-hybridized carbons (Fsp3) is 1.00. The standard InChI is InChI=1S/C3H7NO8S2/c5-4(6)1-3(14(10,11)12)2-13(7,8)9/h3H,1-2H2,(H,7,8,9)(H,10,11,12). The van der Waals surface area contributed by atoms with E-state index in [-0.39, 0.29) is 0 Å². The molecule has 0 aliphatic carbocycles. The van der Waals surface area contributed by atoms with Gasteiger partial charge in [0.15, 0.2) is 5.25 Å². The van der Waals surface area contributed by atoms with Gasteiger partial charge in [-0.2, -0.15) is 16.8 Å². The van der Waals surface area contributed by atoms with Crippen molar-refractivity contribution in [3.63, 3.8) is 0 Å². The molecule has 0 aromatic heterocycles. The van der Waals surface area contributed by atoms with Crippen LogP contribution in [0, 0.1) is 10.1 Å². The lowest BCUT2D eigenvalue weighted by Gasteiger charge is -2.06. The highest BCUT2D eigenvalue weighted by molar-refractivity contribution is 7.90. The van der Waals surface area contributed by atoms with Crippen LogP contribution in [0.2, 0.25) is 0 Å². The zero-order chi connectivity index (χ0) is 11.6. The third-order valence-electron chi connectivity index (χ3n) is 1.17. The second kappa shape index (κ2) is 4.16. The summed E-state index contributed by atoms with van der Waals surface area (Å²) in [6, 6.07) is 0. The van der Waals surface area contributed by atoms with Gasteiger partial charge in [-0.25, -0.2) is 0 Å². The molecule has 84 valence electrons. The van der Waals surface area contributed by atoms with Crippen molar-refractivity contribution in [1.82, 2.24) is 0 Å². The van der Waals surface area contributed by atoms with Crippen LogP contribution in [-0.2, 0) is 20.2 Å². The molecule has 1 unspecified atom stereocenters.